The van der Waals surface area contributed by atoms with E-state index in [4.69, 9.17) is 11.6 Å². The average Bonchev–Trinajstić information content (AvgIpc) is 2.32. The molecule has 0 bridgehead atoms. The first kappa shape index (κ1) is 12.1. The summed E-state index contributed by atoms with van der Waals surface area (Å²) in [5, 5.41) is 10.6. The van der Waals surface area contributed by atoms with Gasteiger partial charge in [-0.2, -0.15) is 0 Å². The van der Waals surface area contributed by atoms with Crippen LogP contribution in [0.5, 0.6) is 0 Å². The highest BCUT2D eigenvalue weighted by molar-refractivity contribution is 6.30. The third-order valence-corrected chi connectivity index (χ3v) is 2.81. The molecule has 0 aliphatic rings. The Balaban J connectivity index is 2.11. The van der Waals surface area contributed by atoms with E-state index in [1.54, 1.807) is 30.3 Å². The molecule has 2 rings (SSSR count). The molecule has 0 heterocycles. The van der Waals surface area contributed by atoms with Gasteiger partial charge in [-0.1, -0.05) is 35.9 Å². The van der Waals surface area contributed by atoms with Gasteiger partial charge in [0.05, 0.1) is 6.10 Å². The molecule has 0 spiro atoms. The smallest absolute Gasteiger partial charge is 0.123 e. The first-order valence-electron chi connectivity index (χ1n) is 5.33. The van der Waals surface area contributed by atoms with Gasteiger partial charge in [-0.05, 0) is 35.4 Å². The van der Waals surface area contributed by atoms with Crippen molar-refractivity contribution in [3.05, 3.63) is 70.5 Å². The van der Waals surface area contributed by atoms with Crippen LogP contribution in [0.3, 0.4) is 0 Å². The third kappa shape index (κ3) is 3.29. The van der Waals surface area contributed by atoms with Crippen molar-refractivity contribution in [3.8, 4) is 0 Å². The van der Waals surface area contributed by atoms with Crippen molar-refractivity contribution < 1.29 is 9.50 Å². The van der Waals surface area contributed by atoms with Gasteiger partial charge < -0.3 is 5.11 Å². The molecule has 1 nitrogen and oxygen atoms in total. The summed E-state index contributed by atoms with van der Waals surface area (Å²) in [5.41, 5.74) is 1.65. The maximum absolute atomic E-state index is 12.7. The highest BCUT2D eigenvalue weighted by atomic mass is 35.5. The van der Waals surface area contributed by atoms with Gasteiger partial charge in [-0.25, -0.2) is 4.39 Å². The van der Waals surface area contributed by atoms with Crippen LogP contribution in [0.15, 0.2) is 48.5 Å². The Bertz CT molecular complexity index is 496. The van der Waals surface area contributed by atoms with Crippen molar-refractivity contribution in [1.82, 2.24) is 0 Å². The average molecular weight is 251 g/mol. The van der Waals surface area contributed by atoms with E-state index in [1.807, 2.05) is 6.07 Å². The fourth-order valence-corrected chi connectivity index (χ4v) is 1.87. The molecule has 2 aromatic rings. The number of aliphatic hydroxyl groups excluding tert-OH is 1. The largest absolute Gasteiger partial charge is 0.388 e. The summed E-state index contributed by atoms with van der Waals surface area (Å²) in [6.45, 7) is 0. The summed E-state index contributed by atoms with van der Waals surface area (Å²) in [4.78, 5) is 0. The van der Waals surface area contributed by atoms with Crippen molar-refractivity contribution in [2.24, 2.45) is 0 Å². The highest BCUT2D eigenvalue weighted by Gasteiger charge is 2.08. The number of halogens is 2. The second-order valence-corrected chi connectivity index (χ2v) is 4.34. The molecule has 17 heavy (non-hydrogen) atoms. The van der Waals surface area contributed by atoms with Gasteiger partial charge >= 0.3 is 0 Å². The Kier molecular flexibility index (Phi) is 3.77. The number of hydrogen-bond donors (Lipinski definition) is 1. The molecule has 0 aliphatic heterocycles. The summed E-state index contributed by atoms with van der Waals surface area (Å²) in [6, 6.07) is 13.2. The minimum absolute atomic E-state index is 0.272. The Morgan fingerprint density at radius 3 is 2.47 bits per heavy atom. The van der Waals surface area contributed by atoms with Crippen LogP contribution in [-0.4, -0.2) is 5.11 Å². The van der Waals surface area contributed by atoms with E-state index in [1.165, 1.54) is 12.1 Å². The van der Waals surface area contributed by atoms with E-state index in [-0.39, 0.29) is 5.82 Å². The first-order valence-corrected chi connectivity index (χ1v) is 5.71. The van der Waals surface area contributed by atoms with Crippen LogP contribution in [0.1, 0.15) is 17.2 Å². The Morgan fingerprint density at radius 2 is 1.82 bits per heavy atom. The zero-order valence-corrected chi connectivity index (χ0v) is 9.86. The molecule has 1 N–H and O–H groups in total. The third-order valence-electron chi connectivity index (χ3n) is 2.58. The number of hydrogen-bond acceptors (Lipinski definition) is 1. The number of rotatable bonds is 3. The fourth-order valence-electron chi connectivity index (χ4n) is 1.68. The van der Waals surface area contributed by atoms with Crippen LogP contribution < -0.4 is 0 Å². The van der Waals surface area contributed by atoms with E-state index in [2.05, 4.69) is 0 Å². The van der Waals surface area contributed by atoms with E-state index in [0.717, 1.165) is 11.1 Å². The minimum Gasteiger partial charge on any atom is -0.388 e. The second-order valence-electron chi connectivity index (χ2n) is 3.90. The number of aliphatic hydroxyl groups is 1. The molecule has 2 aromatic carbocycles. The van der Waals surface area contributed by atoms with Gasteiger partial charge in [-0.15, -0.1) is 0 Å². The zero-order chi connectivity index (χ0) is 12.3. The molecular weight excluding hydrogens is 239 g/mol. The van der Waals surface area contributed by atoms with Crippen molar-refractivity contribution in [3.63, 3.8) is 0 Å². The lowest BCUT2D eigenvalue weighted by molar-refractivity contribution is 0.178. The van der Waals surface area contributed by atoms with E-state index >= 15 is 0 Å². The van der Waals surface area contributed by atoms with Crippen molar-refractivity contribution in [2.45, 2.75) is 12.5 Å². The van der Waals surface area contributed by atoms with E-state index < -0.39 is 6.10 Å². The predicted molar refractivity (Wildman–Crippen MR) is 66.5 cm³/mol. The molecule has 0 aromatic heterocycles. The highest BCUT2D eigenvalue weighted by Crippen LogP contribution is 2.21. The lowest BCUT2D eigenvalue weighted by Crippen LogP contribution is -2.01. The van der Waals surface area contributed by atoms with Crippen LogP contribution >= 0.6 is 11.6 Å². The molecule has 1 atom stereocenters. The van der Waals surface area contributed by atoms with Gasteiger partial charge in [0.25, 0.3) is 0 Å². The fraction of sp³-hybridized carbons (Fsp3) is 0.143. The van der Waals surface area contributed by atoms with Crippen molar-refractivity contribution in [2.75, 3.05) is 0 Å². The summed E-state index contributed by atoms with van der Waals surface area (Å²) >= 11 is 5.85. The topological polar surface area (TPSA) is 20.2 Å². The molecule has 0 amide bonds. The summed E-state index contributed by atoms with van der Waals surface area (Å²) in [6.07, 6.45) is -0.181. The Morgan fingerprint density at radius 1 is 1.12 bits per heavy atom. The quantitative estimate of drug-likeness (QED) is 0.880. The normalized spacial score (nSPS) is 12.4. The van der Waals surface area contributed by atoms with Gasteiger partial charge in [0.2, 0.25) is 0 Å². The first-order chi connectivity index (χ1) is 8.15. The van der Waals surface area contributed by atoms with Crippen LogP contribution in [-0.2, 0) is 6.42 Å². The summed E-state index contributed by atoms with van der Waals surface area (Å²) in [5.74, 6) is -0.272. The molecule has 0 fully saturated rings. The van der Waals surface area contributed by atoms with E-state index in [9.17, 15) is 9.50 Å². The molecular formula is C14H12ClFO. The second kappa shape index (κ2) is 5.30. The van der Waals surface area contributed by atoms with Gasteiger partial charge in [0, 0.05) is 11.4 Å². The maximum atomic E-state index is 12.7. The number of benzene rings is 2. The molecule has 88 valence electrons. The lowest BCUT2D eigenvalue weighted by Gasteiger charge is -2.11. The maximum Gasteiger partial charge on any atom is 0.123 e. The van der Waals surface area contributed by atoms with Crippen molar-refractivity contribution in [1.29, 1.82) is 0 Å². The van der Waals surface area contributed by atoms with E-state index in [0.29, 0.717) is 11.4 Å². The zero-order valence-electron chi connectivity index (χ0n) is 9.11. The molecule has 3 heteroatoms. The van der Waals surface area contributed by atoms with Gasteiger partial charge in [0.1, 0.15) is 5.82 Å². The van der Waals surface area contributed by atoms with Crippen LogP contribution in [0, 0.1) is 5.82 Å². The monoisotopic (exact) mass is 250 g/mol. The van der Waals surface area contributed by atoms with Crippen LogP contribution in [0.2, 0.25) is 5.02 Å². The summed E-state index contributed by atoms with van der Waals surface area (Å²) in [7, 11) is 0. The predicted octanol–water partition coefficient (Wildman–Crippen LogP) is 3.76. The minimum atomic E-state index is -0.626. The molecule has 0 saturated heterocycles. The SMILES string of the molecule is OC(Cc1ccc(F)cc1)c1cccc(Cl)c1. The Labute approximate surface area is 104 Å². The van der Waals surface area contributed by atoms with Crippen molar-refractivity contribution >= 4 is 11.6 Å². The Hall–Kier alpha value is -1.38. The molecule has 0 saturated carbocycles. The lowest BCUT2D eigenvalue weighted by atomic mass is 10.0. The van der Waals surface area contributed by atoms with Gasteiger partial charge in [0.15, 0.2) is 0 Å². The van der Waals surface area contributed by atoms with Crippen LogP contribution in [0.25, 0.3) is 0 Å². The van der Waals surface area contributed by atoms with Crippen LogP contribution in [0.4, 0.5) is 4.39 Å². The van der Waals surface area contributed by atoms with Gasteiger partial charge in [-0.3, -0.25) is 0 Å². The molecule has 1 unspecified atom stereocenters. The molecule has 0 aliphatic carbocycles. The standard InChI is InChI=1S/C14H12ClFO/c15-12-3-1-2-11(9-12)14(17)8-10-4-6-13(16)7-5-10/h1-7,9,14,17H,8H2. The summed E-state index contributed by atoms with van der Waals surface area (Å²) < 4.78 is 12.7. The molecule has 0 radical (unpaired) electrons.